The summed E-state index contributed by atoms with van der Waals surface area (Å²) in [4.78, 5) is 22.5. The lowest BCUT2D eigenvalue weighted by atomic mass is 10.0. The normalized spacial score (nSPS) is 10.8. The highest BCUT2D eigenvalue weighted by Gasteiger charge is 2.15. The number of carbonyl (C=O) groups is 1. The molecule has 0 aliphatic carbocycles. The summed E-state index contributed by atoms with van der Waals surface area (Å²) in [5.41, 5.74) is 3.53. The SMILES string of the molecule is Cc1cc(C)c2c(CC(=O)Nc3cccc([N+](=O)[O-])c3)noc2c1. The third kappa shape index (κ3) is 3.10. The molecular weight excluding hydrogens is 310 g/mol. The fraction of sp³-hybridized carbons (Fsp3) is 0.176. The van der Waals surface area contributed by atoms with Gasteiger partial charge in [0.2, 0.25) is 5.91 Å². The van der Waals surface area contributed by atoms with Crippen LogP contribution in [0, 0.1) is 24.0 Å². The average molecular weight is 325 g/mol. The number of rotatable bonds is 4. The van der Waals surface area contributed by atoms with Crippen LogP contribution in [-0.4, -0.2) is 16.0 Å². The monoisotopic (exact) mass is 325 g/mol. The number of aromatic nitrogens is 1. The van der Waals surface area contributed by atoms with Crippen molar-refractivity contribution in [3.63, 3.8) is 0 Å². The molecule has 7 heteroatoms. The van der Waals surface area contributed by atoms with E-state index in [-0.39, 0.29) is 18.0 Å². The number of nitrogens with one attached hydrogen (secondary N) is 1. The van der Waals surface area contributed by atoms with Gasteiger partial charge in [0, 0.05) is 23.2 Å². The highest BCUT2D eigenvalue weighted by Crippen LogP contribution is 2.25. The second kappa shape index (κ2) is 6.11. The summed E-state index contributed by atoms with van der Waals surface area (Å²) in [6.07, 6.45) is 0.0274. The molecule has 3 rings (SSSR count). The Morgan fingerprint density at radius 3 is 2.83 bits per heavy atom. The van der Waals surface area contributed by atoms with E-state index in [0.717, 1.165) is 16.5 Å². The minimum atomic E-state index is -0.507. The smallest absolute Gasteiger partial charge is 0.271 e. The van der Waals surface area contributed by atoms with E-state index in [2.05, 4.69) is 10.5 Å². The maximum atomic E-state index is 12.2. The zero-order valence-electron chi connectivity index (χ0n) is 13.2. The Morgan fingerprint density at radius 2 is 2.08 bits per heavy atom. The van der Waals surface area contributed by atoms with Crippen molar-refractivity contribution < 1.29 is 14.2 Å². The fourth-order valence-electron chi connectivity index (χ4n) is 2.70. The number of nitrogens with zero attached hydrogens (tertiary/aromatic N) is 2. The molecule has 0 aliphatic rings. The third-order valence-electron chi connectivity index (χ3n) is 3.66. The van der Waals surface area contributed by atoms with Gasteiger partial charge in [0.05, 0.1) is 11.3 Å². The van der Waals surface area contributed by atoms with Crippen molar-refractivity contribution in [1.82, 2.24) is 5.16 Å². The molecule has 1 heterocycles. The highest BCUT2D eigenvalue weighted by molar-refractivity contribution is 5.95. The van der Waals surface area contributed by atoms with Gasteiger partial charge in [-0.15, -0.1) is 0 Å². The van der Waals surface area contributed by atoms with E-state index in [4.69, 9.17) is 4.52 Å². The summed E-state index contributed by atoms with van der Waals surface area (Å²) < 4.78 is 5.29. The summed E-state index contributed by atoms with van der Waals surface area (Å²) >= 11 is 0. The van der Waals surface area contributed by atoms with Crippen LogP contribution in [0.5, 0.6) is 0 Å². The summed E-state index contributed by atoms with van der Waals surface area (Å²) in [6, 6.07) is 9.67. The molecule has 1 N–H and O–H groups in total. The van der Waals surface area contributed by atoms with Gasteiger partial charge in [0.25, 0.3) is 5.69 Å². The van der Waals surface area contributed by atoms with Crippen LogP contribution in [0.4, 0.5) is 11.4 Å². The molecule has 0 radical (unpaired) electrons. The number of nitro groups is 1. The molecule has 1 aromatic heterocycles. The third-order valence-corrected chi connectivity index (χ3v) is 3.66. The van der Waals surface area contributed by atoms with Crippen molar-refractivity contribution >= 4 is 28.3 Å². The van der Waals surface area contributed by atoms with E-state index >= 15 is 0 Å². The molecule has 1 amide bonds. The molecule has 0 saturated heterocycles. The number of hydrogen-bond donors (Lipinski definition) is 1. The van der Waals surface area contributed by atoms with Crippen molar-refractivity contribution in [1.29, 1.82) is 0 Å². The molecule has 0 atom stereocenters. The Morgan fingerprint density at radius 1 is 1.29 bits per heavy atom. The second-order valence-corrected chi connectivity index (χ2v) is 5.62. The van der Waals surface area contributed by atoms with Gasteiger partial charge in [0.1, 0.15) is 5.69 Å². The molecule has 0 fully saturated rings. The van der Waals surface area contributed by atoms with E-state index in [1.807, 2.05) is 26.0 Å². The highest BCUT2D eigenvalue weighted by atomic mass is 16.6. The van der Waals surface area contributed by atoms with Crippen molar-refractivity contribution in [2.24, 2.45) is 0 Å². The Bertz CT molecular complexity index is 946. The lowest BCUT2D eigenvalue weighted by molar-refractivity contribution is -0.384. The van der Waals surface area contributed by atoms with Crippen molar-refractivity contribution in [2.45, 2.75) is 20.3 Å². The number of fused-ring (bicyclic) bond motifs is 1. The van der Waals surface area contributed by atoms with Gasteiger partial charge in [-0.3, -0.25) is 14.9 Å². The average Bonchev–Trinajstić information content (AvgIpc) is 2.90. The number of nitro benzene ring substituents is 1. The molecule has 0 spiro atoms. The summed E-state index contributed by atoms with van der Waals surface area (Å²) in [7, 11) is 0. The zero-order chi connectivity index (χ0) is 17.3. The van der Waals surface area contributed by atoms with Crippen LogP contribution in [0.3, 0.4) is 0 Å². The number of hydrogen-bond acceptors (Lipinski definition) is 5. The molecule has 0 bridgehead atoms. The lowest BCUT2D eigenvalue weighted by Gasteiger charge is -2.04. The van der Waals surface area contributed by atoms with Crippen LogP contribution in [0.2, 0.25) is 0 Å². The molecule has 0 saturated carbocycles. The number of anilines is 1. The molecule has 2 aromatic carbocycles. The van der Waals surface area contributed by atoms with Crippen LogP contribution in [0.15, 0.2) is 40.9 Å². The largest absolute Gasteiger partial charge is 0.356 e. The van der Waals surface area contributed by atoms with Crippen molar-refractivity contribution in [3.8, 4) is 0 Å². The summed E-state index contributed by atoms with van der Waals surface area (Å²) in [5, 5.41) is 18.2. The first-order chi connectivity index (χ1) is 11.4. The Hall–Kier alpha value is -3.22. The minimum absolute atomic E-state index is 0.0274. The van der Waals surface area contributed by atoms with Crippen LogP contribution in [0.1, 0.15) is 16.8 Å². The molecular formula is C17H15N3O4. The van der Waals surface area contributed by atoms with Crippen molar-refractivity contribution in [3.05, 3.63) is 63.3 Å². The van der Waals surface area contributed by atoms with Crippen LogP contribution in [-0.2, 0) is 11.2 Å². The van der Waals surface area contributed by atoms with Gasteiger partial charge in [-0.25, -0.2) is 0 Å². The van der Waals surface area contributed by atoms with E-state index in [0.29, 0.717) is 17.0 Å². The van der Waals surface area contributed by atoms with Crippen LogP contribution in [0.25, 0.3) is 11.0 Å². The Kier molecular flexibility index (Phi) is 3.99. The molecule has 24 heavy (non-hydrogen) atoms. The molecule has 3 aromatic rings. The molecule has 122 valence electrons. The van der Waals surface area contributed by atoms with E-state index in [1.54, 1.807) is 6.07 Å². The number of aryl methyl sites for hydroxylation is 2. The standard InChI is InChI=1S/C17H15N3O4/c1-10-6-11(2)17-14(19-24-15(17)7-10)9-16(21)18-12-4-3-5-13(8-12)20(22)23/h3-8H,9H2,1-2H3,(H,18,21). The van der Waals surface area contributed by atoms with E-state index in [9.17, 15) is 14.9 Å². The lowest BCUT2D eigenvalue weighted by Crippen LogP contribution is -2.15. The Labute approximate surface area is 137 Å². The number of carbonyl (C=O) groups excluding carboxylic acids is 1. The van der Waals surface area contributed by atoms with Gasteiger partial charge in [-0.2, -0.15) is 0 Å². The maximum Gasteiger partial charge on any atom is 0.271 e. The molecule has 0 unspecified atom stereocenters. The number of non-ortho nitro benzene ring substituents is 1. The number of amides is 1. The summed E-state index contributed by atoms with van der Waals surface area (Å²) in [5.74, 6) is -0.314. The molecule has 0 aliphatic heterocycles. The minimum Gasteiger partial charge on any atom is -0.356 e. The summed E-state index contributed by atoms with van der Waals surface area (Å²) in [6.45, 7) is 3.90. The van der Waals surface area contributed by atoms with Crippen LogP contribution < -0.4 is 5.32 Å². The molecule has 7 nitrogen and oxygen atoms in total. The van der Waals surface area contributed by atoms with Crippen LogP contribution >= 0.6 is 0 Å². The predicted molar refractivity (Wildman–Crippen MR) is 88.9 cm³/mol. The van der Waals surface area contributed by atoms with E-state index < -0.39 is 4.92 Å². The first kappa shape index (κ1) is 15.7. The van der Waals surface area contributed by atoms with Gasteiger partial charge in [0.15, 0.2) is 5.58 Å². The topological polar surface area (TPSA) is 98.3 Å². The second-order valence-electron chi connectivity index (χ2n) is 5.62. The van der Waals surface area contributed by atoms with Gasteiger partial charge in [-0.1, -0.05) is 17.3 Å². The zero-order valence-corrected chi connectivity index (χ0v) is 13.2. The maximum absolute atomic E-state index is 12.2. The van der Waals surface area contributed by atoms with Gasteiger partial charge >= 0.3 is 0 Å². The first-order valence-corrected chi connectivity index (χ1v) is 7.34. The Balaban J connectivity index is 1.81. The van der Waals surface area contributed by atoms with Crippen molar-refractivity contribution in [2.75, 3.05) is 5.32 Å². The van der Waals surface area contributed by atoms with Gasteiger partial charge < -0.3 is 9.84 Å². The predicted octanol–water partition coefficient (Wildman–Crippen LogP) is 3.53. The first-order valence-electron chi connectivity index (χ1n) is 7.34. The van der Waals surface area contributed by atoms with Gasteiger partial charge in [-0.05, 0) is 37.1 Å². The number of benzene rings is 2. The van der Waals surface area contributed by atoms with E-state index in [1.165, 1.54) is 18.2 Å². The quantitative estimate of drug-likeness (QED) is 0.584. The fourth-order valence-corrected chi connectivity index (χ4v) is 2.70.